The van der Waals surface area contributed by atoms with Crippen molar-refractivity contribution in [3.63, 3.8) is 0 Å². The number of carboxylic acid groups (broad SMARTS) is 1. The molecule has 144 valence electrons. The lowest BCUT2D eigenvalue weighted by molar-refractivity contribution is -0.140. The number of benzene rings is 1. The number of esters is 2. The van der Waals surface area contributed by atoms with Crippen molar-refractivity contribution in [3.05, 3.63) is 51.6 Å². The highest BCUT2D eigenvalue weighted by atomic mass is 19.1. The Morgan fingerprint density at radius 2 is 2.00 bits per heavy atom. The van der Waals surface area contributed by atoms with E-state index >= 15 is 0 Å². The van der Waals surface area contributed by atoms with Crippen LogP contribution in [0.2, 0.25) is 0 Å². The van der Waals surface area contributed by atoms with Crippen LogP contribution in [-0.2, 0) is 27.3 Å². The molecule has 1 heterocycles. The summed E-state index contributed by atoms with van der Waals surface area (Å²) in [6.07, 6.45) is 2.40. The fourth-order valence-electron chi connectivity index (χ4n) is 3.19. The molecule has 0 amide bonds. The summed E-state index contributed by atoms with van der Waals surface area (Å²) in [6.45, 7) is 6.63. The number of carbonyl (C=O) groups is 3. The molecule has 0 saturated heterocycles. The fourth-order valence-corrected chi connectivity index (χ4v) is 3.19. The van der Waals surface area contributed by atoms with Crippen molar-refractivity contribution in [1.82, 2.24) is 0 Å². The summed E-state index contributed by atoms with van der Waals surface area (Å²) >= 11 is 0. The van der Waals surface area contributed by atoms with Gasteiger partial charge in [-0.05, 0) is 37.8 Å². The number of fused-ring (bicyclic) bond motifs is 1. The van der Waals surface area contributed by atoms with Gasteiger partial charge in [-0.2, -0.15) is 0 Å². The summed E-state index contributed by atoms with van der Waals surface area (Å²) in [6, 6.07) is 0. The quantitative estimate of drug-likeness (QED) is 0.576. The van der Waals surface area contributed by atoms with Crippen LogP contribution in [0.15, 0.2) is 18.2 Å². The molecule has 0 fully saturated rings. The maximum Gasteiger partial charge on any atom is 0.339 e. The Balaban J connectivity index is 2.54. The van der Waals surface area contributed by atoms with E-state index in [1.54, 1.807) is 19.9 Å². The molecule has 0 radical (unpaired) electrons. The van der Waals surface area contributed by atoms with Crippen molar-refractivity contribution < 1.29 is 33.4 Å². The summed E-state index contributed by atoms with van der Waals surface area (Å²) in [5.74, 6) is -3.19. The predicted octanol–water partition coefficient (Wildman–Crippen LogP) is 3.75. The van der Waals surface area contributed by atoms with Gasteiger partial charge in [0.15, 0.2) is 0 Å². The van der Waals surface area contributed by atoms with Gasteiger partial charge in [0.2, 0.25) is 0 Å². The van der Waals surface area contributed by atoms with Gasteiger partial charge in [0, 0.05) is 17.5 Å². The van der Waals surface area contributed by atoms with Gasteiger partial charge in [0.25, 0.3) is 0 Å². The van der Waals surface area contributed by atoms with Crippen LogP contribution in [0.1, 0.15) is 62.7 Å². The number of allylic oxidation sites excluding steroid dienone is 2. The second kappa shape index (κ2) is 8.16. The lowest BCUT2D eigenvalue weighted by atomic mass is 9.85. The molecule has 2 rings (SSSR count). The molecule has 1 aromatic carbocycles. The first-order valence-electron chi connectivity index (χ1n) is 8.34. The minimum atomic E-state index is -1.33. The van der Waals surface area contributed by atoms with Crippen molar-refractivity contribution in [1.29, 1.82) is 0 Å². The molecule has 7 heteroatoms. The number of aromatic carboxylic acids is 1. The minimum Gasteiger partial charge on any atom is -0.478 e. The van der Waals surface area contributed by atoms with Gasteiger partial charge < -0.3 is 14.6 Å². The molecular formula is C20H21FO6. The molecule has 0 saturated carbocycles. The third kappa shape index (κ3) is 4.07. The predicted molar refractivity (Wildman–Crippen MR) is 96.1 cm³/mol. The van der Waals surface area contributed by atoms with Gasteiger partial charge in [0.1, 0.15) is 12.4 Å². The third-order valence-corrected chi connectivity index (χ3v) is 4.63. The second-order valence-electron chi connectivity index (χ2n) is 6.32. The minimum absolute atomic E-state index is 0.0272. The number of ether oxygens (including phenoxy) is 2. The number of methoxy groups -OCH3 is 1. The zero-order valence-corrected chi connectivity index (χ0v) is 15.5. The molecule has 1 N–H and O–H groups in total. The molecule has 0 atom stereocenters. The monoisotopic (exact) mass is 376 g/mol. The first-order chi connectivity index (χ1) is 12.7. The number of hydrogen-bond acceptors (Lipinski definition) is 5. The van der Waals surface area contributed by atoms with Crippen molar-refractivity contribution in [2.24, 2.45) is 0 Å². The highest BCUT2D eigenvalue weighted by molar-refractivity contribution is 6.07. The highest BCUT2D eigenvalue weighted by Gasteiger charge is 2.34. The van der Waals surface area contributed by atoms with Gasteiger partial charge in [-0.1, -0.05) is 18.2 Å². The topological polar surface area (TPSA) is 89.9 Å². The Kier molecular flexibility index (Phi) is 6.15. The lowest BCUT2D eigenvalue weighted by Crippen LogP contribution is -2.14. The van der Waals surface area contributed by atoms with Gasteiger partial charge >= 0.3 is 17.9 Å². The van der Waals surface area contributed by atoms with Crippen LogP contribution in [0.4, 0.5) is 4.39 Å². The van der Waals surface area contributed by atoms with Crippen LogP contribution in [-0.4, -0.2) is 30.1 Å². The number of carboxylic acids is 1. The number of halogens is 1. The Morgan fingerprint density at radius 1 is 1.33 bits per heavy atom. The van der Waals surface area contributed by atoms with Gasteiger partial charge in [0.05, 0.1) is 18.2 Å². The van der Waals surface area contributed by atoms with Crippen molar-refractivity contribution in [3.8, 4) is 0 Å². The van der Waals surface area contributed by atoms with Gasteiger partial charge in [-0.25, -0.2) is 14.0 Å². The molecule has 27 heavy (non-hydrogen) atoms. The van der Waals surface area contributed by atoms with Crippen LogP contribution >= 0.6 is 0 Å². The number of hydrogen-bond donors (Lipinski definition) is 1. The van der Waals surface area contributed by atoms with E-state index in [-0.39, 0.29) is 47.7 Å². The van der Waals surface area contributed by atoms with Crippen molar-refractivity contribution in [2.45, 2.75) is 39.7 Å². The smallest absolute Gasteiger partial charge is 0.339 e. The summed E-state index contributed by atoms with van der Waals surface area (Å²) in [5, 5.41) is 9.68. The van der Waals surface area contributed by atoms with E-state index in [9.17, 15) is 23.9 Å². The largest absolute Gasteiger partial charge is 0.478 e. The number of carbonyl (C=O) groups excluding carboxylic acids is 2. The first-order valence-corrected chi connectivity index (χ1v) is 8.34. The van der Waals surface area contributed by atoms with E-state index in [2.05, 4.69) is 11.3 Å². The van der Waals surface area contributed by atoms with Crippen LogP contribution in [0.3, 0.4) is 0 Å². The Morgan fingerprint density at radius 3 is 2.56 bits per heavy atom. The van der Waals surface area contributed by atoms with Crippen LogP contribution < -0.4 is 0 Å². The van der Waals surface area contributed by atoms with E-state index in [4.69, 9.17) is 4.74 Å². The van der Waals surface area contributed by atoms with E-state index < -0.39 is 17.8 Å². The average Bonchev–Trinajstić information content (AvgIpc) is 2.99. The maximum atomic E-state index is 14.2. The molecule has 0 aromatic heterocycles. The summed E-state index contributed by atoms with van der Waals surface area (Å²) in [5.41, 5.74) is 1.60. The van der Waals surface area contributed by atoms with Crippen LogP contribution in [0.25, 0.3) is 5.83 Å². The molecule has 1 aromatic rings. The van der Waals surface area contributed by atoms with Crippen LogP contribution in [0, 0.1) is 6.92 Å². The van der Waals surface area contributed by atoms with E-state index in [0.717, 1.165) is 5.57 Å². The van der Waals surface area contributed by atoms with E-state index in [0.29, 0.717) is 17.5 Å². The fraction of sp³-hybridized carbons (Fsp3) is 0.350. The SMILES string of the molecule is C=C(F)c1c(C)c2c(c(C(=O)O)c1CC=C(C)CCC(=O)OC)C(=O)OC2. The van der Waals surface area contributed by atoms with E-state index in [1.165, 1.54) is 7.11 Å². The normalized spacial score (nSPS) is 13.2. The molecule has 0 spiro atoms. The zero-order chi connectivity index (χ0) is 20.3. The maximum absolute atomic E-state index is 14.2. The average molecular weight is 376 g/mol. The summed E-state index contributed by atoms with van der Waals surface area (Å²) < 4.78 is 23.7. The van der Waals surface area contributed by atoms with Crippen molar-refractivity contribution >= 4 is 23.7 Å². The first kappa shape index (κ1) is 20.4. The summed E-state index contributed by atoms with van der Waals surface area (Å²) in [4.78, 5) is 35.2. The summed E-state index contributed by atoms with van der Waals surface area (Å²) in [7, 11) is 1.30. The molecule has 6 nitrogen and oxygen atoms in total. The second-order valence-corrected chi connectivity index (χ2v) is 6.32. The van der Waals surface area contributed by atoms with Crippen LogP contribution in [0.5, 0.6) is 0 Å². The van der Waals surface area contributed by atoms with Gasteiger partial charge in [-0.15, -0.1) is 0 Å². The number of cyclic esters (lactones) is 1. The van der Waals surface area contributed by atoms with Crippen molar-refractivity contribution in [2.75, 3.05) is 7.11 Å². The Hall–Kier alpha value is -2.96. The molecule has 1 aliphatic heterocycles. The molecule has 0 bridgehead atoms. The standard InChI is InChI=1S/C20H21FO6/c1-10(6-8-15(22)26-4)5-7-13-16(12(3)21)11(2)14-9-27-20(25)18(14)17(13)19(23)24/h5H,3,6-9H2,1-2,4H3,(H,23,24). The molecule has 0 aliphatic carbocycles. The molecule has 0 unspecified atom stereocenters. The zero-order valence-electron chi connectivity index (χ0n) is 15.5. The van der Waals surface area contributed by atoms with Gasteiger partial charge in [-0.3, -0.25) is 4.79 Å². The van der Waals surface area contributed by atoms with E-state index in [1.807, 2.05) is 0 Å². The lowest BCUT2D eigenvalue weighted by Gasteiger charge is -2.17. The number of rotatable bonds is 7. The molecular weight excluding hydrogens is 355 g/mol. The third-order valence-electron chi connectivity index (χ3n) is 4.63. The molecule has 1 aliphatic rings. The highest BCUT2D eigenvalue weighted by Crippen LogP contribution is 2.37. The Bertz CT molecular complexity index is 866. The Labute approximate surface area is 156 Å².